The number of para-hydroxylation sites is 1. The molecule has 20 heavy (non-hydrogen) atoms. The first-order valence-electron chi connectivity index (χ1n) is 6.27. The van der Waals surface area contributed by atoms with E-state index in [0.717, 1.165) is 16.5 Å². The molecule has 0 amide bonds. The van der Waals surface area contributed by atoms with E-state index >= 15 is 0 Å². The highest BCUT2D eigenvalue weighted by Crippen LogP contribution is 2.23. The largest absolute Gasteiger partial charge is 0.468 e. The van der Waals surface area contributed by atoms with Gasteiger partial charge in [0, 0.05) is 24.1 Å². The number of hydrogen-bond donors (Lipinski definition) is 0. The topological polar surface area (TPSA) is 57.5 Å². The van der Waals surface area contributed by atoms with Crippen LogP contribution in [0.5, 0.6) is 0 Å². The van der Waals surface area contributed by atoms with E-state index in [0.29, 0.717) is 0 Å². The summed E-state index contributed by atoms with van der Waals surface area (Å²) in [6, 6.07) is 7.84. The Labute approximate surface area is 117 Å². The quantitative estimate of drug-likeness (QED) is 0.629. The van der Waals surface area contributed by atoms with Crippen LogP contribution >= 0.6 is 0 Å². The fourth-order valence-electron chi connectivity index (χ4n) is 2.36. The summed E-state index contributed by atoms with van der Waals surface area (Å²) in [5, 5.41) is 1.02. The molecule has 0 spiro atoms. The van der Waals surface area contributed by atoms with Gasteiger partial charge in [0.25, 0.3) is 0 Å². The van der Waals surface area contributed by atoms with Crippen molar-refractivity contribution in [3.63, 3.8) is 0 Å². The zero-order chi connectivity index (χ0) is 14.7. The van der Waals surface area contributed by atoms with Crippen LogP contribution in [0, 0.1) is 5.92 Å². The Hall–Kier alpha value is -2.30. The molecule has 0 aliphatic heterocycles. The van der Waals surface area contributed by atoms with Crippen molar-refractivity contribution in [1.29, 1.82) is 0 Å². The van der Waals surface area contributed by atoms with Gasteiger partial charge in [-0.3, -0.25) is 9.59 Å². The average Bonchev–Trinajstić information content (AvgIpc) is 2.80. The van der Waals surface area contributed by atoms with Gasteiger partial charge >= 0.3 is 11.9 Å². The van der Waals surface area contributed by atoms with Crippen LogP contribution in [0.3, 0.4) is 0 Å². The lowest BCUT2D eigenvalue weighted by Crippen LogP contribution is -2.28. The molecule has 0 bridgehead atoms. The van der Waals surface area contributed by atoms with Crippen molar-refractivity contribution in [2.45, 2.75) is 6.42 Å². The fourth-order valence-corrected chi connectivity index (χ4v) is 2.36. The minimum absolute atomic E-state index is 0.265. The van der Waals surface area contributed by atoms with Crippen LogP contribution in [0.4, 0.5) is 0 Å². The molecule has 0 aliphatic rings. The highest BCUT2D eigenvalue weighted by molar-refractivity contribution is 5.96. The minimum atomic E-state index is -0.934. The third kappa shape index (κ3) is 2.52. The highest BCUT2D eigenvalue weighted by atomic mass is 16.5. The minimum Gasteiger partial charge on any atom is -0.468 e. The Morgan fingerprint density at radius 3 is 2.35 bits per heavy atom. The first-order chi connectivity index (χ1) is 9.58. The standard InChI is InChI=1S/C15H17NO4/c1-16-9-10(11-6-4-5-7-13(11)16)8-12(14(17)19-2)15(18)20-3/h4-7,9,12H,8H2,1-3H3. The molecule has 5 nitrogen and oxygen atoms in total. The van der Waals surface area contributed by atoms with Crippen molar-refractivity contribution in [3.8, 4) is 0 Å². The molecule has 0 N–H and O–H groups in total. The zero-order valence-corrected chi connectivity index (χ0v) is 11.8. The molecule has 2 rings (SSSR count). The predicted octanol–water partition coefficient (Wildman–Crippen LogP) is 1.68. The van der Waals surface area contributed by atoms with Gasteiger partial charge in [-0.1, -0.05) is 18.2 Å². The SMILES string of the molecule is COC(=O)C(Cc1cn(C)c2ccccc12)C(=O)OC. The predicted molar refractivity (Wildman–Crippen MR) is 74.1 cm³/mol. The molecule has 0 fully saturated rings. The molecular formula is C15H17NO4. The van der Waals surface area contributed by atoms with Gasteiger partial charge in [0.2, 0.25) is 0 Å². The molecule has 0 radical (unpaired) electrons. The van der Waals surface area contributed by atoms with E-state index in [2.05, 4.69) is 9.47 Å². The molecule has 0 unspecified atom stereocenters. The number of hydrogen-bond acceptors (Lipinski definition) is 4. The summed E-state index contributed by atoms with van der Waals surface area (Å²) in [4.78, 5) is 23.5. The molecule has 106 valence electrons. The van der Waals surface area contributed by atoms with E-state index in [1.54, 1.807) is 0 Å². The van der Waals surface area contributed by atoms with Gasteiger partial charge in [0.1, 0.15) is 0 Å². The summed E-state index contributed by atoms with van der Waals surface area (Å²) < 4.78 is 11.3. The molecule has 2 aromatic rings. The van der Waals surface area contributed by atoms with Crippen LogP contribution < -0.4 is 0 Å². The molecule has 0 saturated heterocycles. The van der Waals surface area contributed by atoms with Crippen molar-refractivity contribution in [1.82, 2.24) is 4.57 Å². The second kappa shape index (κ2) is 5.77. The second-order valence-corrected chi connectivity index (χ2v) is 4.59. The number of aryl methyl sites for hydroxylation is 1. The van der Waals surface area contributed by atoms with E-state index in [9.17, 15) is 9.59 Å². The lowest BCUT2D eigenvalue weighted by molar-refractivity contribution is -0.158. The van der Waals surface area contributed by atoms with Gasteiger partial charge in [0.15, 0.2) is 5.92 Å². The van der Waals surface area contributed by atoms with Crippen LogP contribution in [-0.2, 0) is 32.5 Å². The maximum Gasteiger partial charge on any atom is 0.320 e. The van der Waals surface area contributed by atoms with Crippen LogP contribution in [0.1, 0.15) is 5.56 Å². The van der Waals surface area contributed by atoms with Gasteiger partial charge in [-0.2, -0.15) is 0 Å². The zero-order valence-electron chi connectivity index (χ0n) is 11.8. The number of methoxy groups -OCH3 is 2. The summed E-state index contributed by atoms with van der Waals surface area (Å²) in [6.07, 6.45) is 2.18. The van der Waals surface area contributed by atoms with Crippen molar-refractivity contribution in [2.75, 3.05) is 14.2 Å². The molecule has 1 heterocycles. The van der Waals surface area contributed by atoms with Crippen LogP contribution in [0.25, 0.3) is 10.9 Å². The smallest absolute Gasteiger partial charge is 0.320 e. The first-order valence-corrected chi connectivity index (χ1v) is 6.27. The lowest BCUT2D eigenvalue weighted by atomic mass is 9.99. The molecule has 0 aliphatic carbocycles. The molecule has 0 atom stereocenters. The number of rotatable bonds is 4. The maximum absolute atomic E-state index is 11.7. The van der Waals surface area contributed by atoms with Crippen molar-refractivity contribution >= 4 is 22.8 Å². The average molecular weight is 275 g/mol. The second-order valence-electron chi connectivity index (χ2n) is 4.59. The number of esters is 2. The monoisotopic (exact) mass is 275 g/mol. The molecule has 5 heteroatoms. The third-order valence-electron chi connectivity index (χ3n) is 3.37. The number of carbonyl (C=O) groups is 2. The normalized spacial score (nSPS) is 10.8. The Morgan fingerprint density at radius 2 is 1.75 bits per heavy atom. The number of carbonyl (C=O) groups excluding carboxylic acids is 2. The Kier molecular flexibility index (Phi) is 4.08. The van der Waals surface area contributed by atoms with Gasteiger partial charge in [0.05, 0.1) is 14.2 Å². The van der Waals surface area contributed by atoms with E-state index in [-0.39, 0.29) is 6.42 Å². The van der Waals surface area contributed by atoms with Gasteiger partial charge in [-0.25, -0.2) is 0 Å². The molecular weight excluding hydrogens is 258 g/mol. The van der Waals surface area contributed by atoms with Crippen molar-refractivity contribution in [3.05, 3.63) is 36.0 Å². The summed E-state index contributed by atoms with van der Waals surface area (Å²) in [6.45, 7) is 0. The van der Waals surface area contributed by atoms with Gasteiger partial charge in [-0.15, -0.1) is 0 Å². The molecule has 1 aromatic heterocycles. The molecule has 1 aromatic carbocycles. The number of ether oxygens (including phenoxy) is 2. The Morgan fingerprint density at radius 1 is 1.15 bits per heavy atom. The van der Waals surface area contributed by atoms with E-state index < -0.39 is 17.9 Å². The maximum atomic E-state index is 11.7. The number of benzene rings is 1. The number of nitrogens with zero attached hydrogens (tertiary/aromatic N) is 1. The van der Waals surface area contributed by atoms with Crippen molar-refractivity contribution in [2.24, 2.45) is 13.0 Å². The Balaban J connectivity index is 2.38. The number of fused-ring (bicyclic) bond motifs is 1. The van der Waals surface area contributed by atoms with Crippen LogP contribution in [-0.4, -0.2) is 30.7 Å². The number of aromatic nitrogens is 1. The van der Waals surface area contributed by atoms with Crippen LogP contribution in [0.2, 0.25) is 0 Å². The first kappa shape index (κ1) is 14.1. The lowest BCUT2D eigenvalue weighted by Gasteiger charge is -2.11. The van der Waals surface area contributed by atoms with E-state index in [4.69, 9.17) is 0 Å². The van der Waals surface area contributed by atoms with E-state index in [1.807, 2.05) is 42.1 Å². The summed E-state index contributed by atoms with van der Waals surface area (Å²) >= 11 is 0. The summed E-state index contributed by atoms with van der Waals surface area (Å²) in [5.74, 6) is -2.09. The molecule has 0 saturated carbocycles. The van der Waals surface area contributed by atoms with Gasteiger partial charge in [-0.05, 0) is 18.1 Å². The fraction of sp³-hybridized carbons (Fsp3) is 0.333. The van der Waals surface area contributed by atoms with Crippen LogP contribution in [0.15, 0.2) is 30.5 Å². The summed E-state index contributed by atoms with van der Waals surface area (Å²) in [7, 11) is 4.46. The van der Waals surface area contributed by atoms with E-state index in [1.165, 1.54) is 14.2 Å². The Bertz CT molecular complexity index is 628. The van der Waals surface area contributed by atoms with Crippen molar-refractivity contribution < 1.29 is 19.1 Å². The summed E-state index contributed by atoms with van der Waals surface area (Å²) in [5.41, 5.74) is 1.97. The van der Waals surface area contributed by atoms with Gasteiger partial charge < -0.3 is 14.0 Å². The highest BCUT2D eigenvalue weighted by Gasteiger charge is 2.29. The third-order valence-corrected chi connectivity index (χ3v) is 3.37.